The van der Waals surface area contributed by atoms with Crippen molar-refractivity contribution >= 4 is 29.2 Å². The highest BCUT2D eigenvalue weighted by atomic mass is 32.1. The van der Waals surface area contributed by atoms with Crippen molar-refractivity contribution in [3.63, 3.8) is 0 Å². The molecule has 1 atom stereocenters. The van der Waals surface area contributed by atoms with Gasteiger partial charge in [0.15, 0.2) is 0 Å². The molecule has 8 nitrogen and oxygen atoms in total. The van der Waals surface area contributed by atoms with E-state index in [2.05, 4.69) is 4.98 Å². The zero-order valence-corrected chi connectivity index (χ0v) is 15.0. The molecule has 2 rings (SSSR count). The first-order chi connectivity index (χ1) is 11.2. The fourth-order valence-corrected chi connectivity index (χ4v) is 3.54. The molecule has 3 amide bonds. The SMILES string of the molecule is CC(C)[C@@H](C(=O)O)N1CC(=O)N(Cc2csc(CN(C)C)n2)C1=O. The van der Waals surface area contributed by atoms with Crippen LogP contribution in [0.4, 0.5) is 4.79 Å². The second-order valence-corrected chi connectivity index (χ2v) is 7.33. The van der Waals surface area contributed by atoms with Gasteiger partial charge in [-0.15, -0.1) is 11.3 Å². The van der Waals surface area contributed by atoms with Crippen LogP contribution in [0.5, 0.6) is 0 Å². The Labute approximate surface area is 144 Å². The first kappa shape index (κ1) is 18.3. The maximum atomic E-state index is 12.5. The number of carboxylic acid groups (broad SMARTS) is 1. The summed E-state index contributed by atoms with van der Waals surface area (Å²) in [7, 11) is 3.87. The largest absolute Gasteiger partial charge is 0.480 e. The molecule has 0 saturated carbocycles. The van der Waals surface area contributed by atoms with Crippen LogP contribution in [0.3, 0.4) is 0 Å². The van der Waals surface area contributed by atoms with Crippen molar-refractivity contribution in [3.05, 3.63) is 16.1 Å². The van der Waals surface area contributed by atoms with Crippen LogP contribution in [-0.2, 0) is 22.7 Å². The number of carbonyl (C=O) groups excluding carboxylic acids is 2. The van der Waals surface area contributed by atoms with Crippen molar-refractivity contribution in [2.24, 2.45) is 5.92 Å². The van der Waals surface area contributed by atoms with Gasteiger partial charge in [-0.2, -0.15) is 0 Å². The monoisotopic (exact) mass is 354 g/mol. The number of carboxylic acids is 1. The second-order valence-electron chi connectivity index (χ2n) is 6.39. The van der Waals surface area contributed by atoms with Crippen LogP contribution in [0.15, 0.2) is 5.38 Å². The van der Waals surface area contributed by atoms with Crippen LogP contribution in [0.1, 0.15) is 24.5 Å². The minimum Gasteiger partial charge on any atom is -0.480 e. The quantitative estimate of drug-likeness (QED) is 0.737. The Bertz CT molecular complexity index is 643. The first-order valence-electron chi connectivity index (χ1n) is 7.62. The van der Waals surface area contributed by atoms with Crippen LogP contribution in [-0.4, -0.2) is 69.4 Å². The van der Waals surface area contributed by atoms with Crippen LogP contribution >= 0.6 is 11.3 Å². The number of imide groups is 1. The third-order valence-electron chi connectivity index (χ3n) is 3.67. The zero-order valence-electron chi connectivity index (χ0n) is 14.2. The third kappa shape index (κ3) is 3.90. The number of thiazole rings is 1. The zero-order chi connectivity index (χ0) is 18.0. The summed E-state index contributed by atoms with van der Waals surface area (Å²) in [6.45, 7) is 3.98. The summed E-state index contributed by atoms with van der Waals surface area (Å²) in [6, 6.07) is -1.57. The Morgan fingerprint density at radius 3 is 2.62 bits per heavy atom. The second kappa shape index (κ2) is 7.27. The lowest BCUT2D eigenvalue weighted by Gasteiger charge is -2.26. The predicted molar refractivity (Wildman–Crippen MR) is 88.4 cm³/mol. The van der Waals surface area contributed by atoms with E-state index in [0.717, 1.165) is 14.8 Å². The van der Waals surface area contributed by atoms with Gasteiger partial charge in [-0.3, -0.25) is 9.69 Å². The molecule has 0 radical (unpaired) electrons. The molecule has 1 aliphatic heterocycles. The van der Waals surface area contributed by atoms with Crippen molar-refractivity contribution in [1.29, 1.82) is 0 Å². The number of rotatable bonds is 7. The molecule has 1 aromatic heterocycles. The Balaban J connectivity index is 2.11. The number of hydrogen-bond donors (Lipinski definition) is 1. The lowest BCUT2D eigenvalue weighted by molar-refractivity contribution is -0.143. The number of aliphatic carboxylic acids is 1. The van der Waals surface area contributed by atoms with Gasteiger partial charge in [0.05, 0.1) is 12.2 Å². The molecule has 0 aromatic carbocycles. The average Bonchev–Trinajstić information content (AvgIpc) is 2.98. The van der Waals surface area contributed by atoms with Gasteiger partial charge in [0.2, 0.25) is 0 Å². The summed E-state index contributed by atoms with van der Waals surface area (Å²) in [4.78, 5) is 44.7. The van der Waals surface area contributed by atoms with Gasteiger partial charge in [0, 0.05) is 11.9 Å². The molecular formula is C15H22N4O4S. The van der Waals surface area contributed by atoms with E-state index < -0.39 is 23.9 Å². The summed E-state index contributed by atoms with van der Waals surface area (Å²) in [5, 5.41) is 12.1. The van der Waals surface area contributed by atoms with Gasteiger partial charge < -0.3 is 14.9 Å². The van der Waals surface area contributed by atoms with E-state index >= 15 is 0 Å². The molecule has 2 heterocycles. The number of amides is 3. The number of carbonyl (C=O) groups is 3. The van der Waals surface area contributed by atoms with Crippen molar-refractivity contribution in [2.75, 3.05) is 20.6 Å². The Hall–Kier alpha value is -2.00. The summed E-state index contributed by atoms with van der Waals surface area (Å²) in [5.41, 5.74) is 0.636. The maximum Gasteiger partial charge on any atom is 0.328 e. The topological polar surface area (TPSA) is 94.1 Å². The molecule has 1 N–H and O–H groups in total. The van der Waals surface area contributed by atoms with Crippen LogP contribution < -0.4 is 0 Å². The molecular weight excluding hydrogens is 332 g/mol. The van der Waals surface area contributed by atoms with Gasteiger partial charge >= 0.3 is 12.0 Å². The van der Waals surface area contributed by atoms with Crippen molar-refractivity contribution in [1.82, 2.24) is 19.7 Å². The van der Waals surface area contributed by atoms with Gasteiger partial charge in [-0.1, -0.05) is 13.8 Å². The molecule has 0 bridgehead atoms. The summed E-state index contributed by atoms with van der Waals surface area (Å²) >= 11 is 1.47. The van der Waals surface area contributed by atoms with Gasteiger partial charge in [0.1, 0.15) is 17.6 Å². The molecule has 24 heavy (non-hydrogen) atoms. The highest BCUT2D eigenvalue weighted by Crippen LogP contribution is 2.22. The summed E-state index contributed by atoms with van der Waals surface area (Å²) < 4.78 is 0. The number of aromatic nitrogens is 1. The Morgan fingerprint density at radius 2 is 2.08 bits per heavy atom. The molecule has 9 heteroatoms. The summed E-state index contributed by atoms with van der Waals surface area (Å²) in [5.74, 6) is -1.78. The Kier molecular flexibility index (Phi) is 5.55. The highest BCUT2D eigenvalue weighted by molar-refractivity contribution is 7.09. The van der Waals surface area contributed by atoms with Gasteiger partial charge in [-0.05, 0) is 20.0 Å². The lowest BCUT2D eigenvalue weighted by atomic mass is 10.0. The minimum absolute atomic E-state index is 0.0720. The normalized spacial score (nSPS) is 16.6. The van der Waals surface area contributed by atoms with Crippen molar-refractivity contribution in [3.8, 4) is 0 Å². The molecule has 1 aliphatic rings. The predicted octanol–water partition coefficient (Wildman–Crippen LogP) is 1.08. The maximum absolute atomic E-state index is 12.5. The standard InChI is InChI=1S/C15H22N4O4S/c1-9(2)13(14(21)22)19-7-12(20)18(15(19)23)5-10-8-24-11(16-10)6-17(3)4/h8-9,13H,5-7H2,1-4H3,(H,21,22)/t13-/m0/s1. The number of hydrogen-bond acceptors (Lipinski definition) is 6. The van der Waals surface area contributed by atoms with Gasteiger partial charge in [-0.25, -0.2) is 14.6 Å². The van der Waals surface area contributed by atoms with E-state index in [0.29, 0.717) is 12.2 Å². The molecule has 1 saturated heterocycles. The van der Waals surface area contributed by atoms with Crippen LogP contribution in [0, 0.1) is 5.92 Å². The number of urea groups is 1. The molecule has 1 fully saturated rings. The lowest BCUT2D eigenvalue weighted by Crippen LogP contribution is -2.46. The molecule has 132 valence electrons. The van der Waals surface area contributed by atoms with Crippen LogP contribution in [0.2, 0.25) is 0 Å². The third-order valence-corrected chi connectivity index (χ3v) is 4.56. The average molecular weight is 354 g/mol. The molecule has 0 spiro atoms. The Morgan fingerprint density at radius 1 is 1.42 bits per heavy atom. The van der Waals surface area contributed by atoms with E-state index in [9.17, 15) is 19.5 Å². The van der Waals surface area contributed by atoms with Crippen molar-refractivity contribution < 1.29 is 19.5 Å². The fraction of sp³-hybridized carbons (Fsp3) is 0.600. The first-order valence-corrected chi connectivity index (χ1v) is 8.50. The van der Waals surface area contributed by atoms with E-state index in [1.54, 1.807) is 13.8 Å². The van der Waals surface area contributed by atoms with Gasteiger partial charge in [0.25, 0.3) is 5.91 Å². The fourth-order valence-electron chi connectivity index (χ4n) is 2.64. The van der Waals surface area contributed by atoms with E-state index in [1.807, 2.05) is 24.4 Å². The van der Waals surface area contributed by atoms with Crippen molar-refractivity contribution in [2.45, 2.75) is 33.0 Å². The highest BCUT2D eigenvalue weighted by Gasteiger charge is 2.43. The molecule has 0 unspecified atom stereocenters. The molecule has 0 aliphatic carbocycles. The van der Waals surface area contributed by atoms with E-state index in [-0.39, 0.29) is 19.0 Å². The smallest absolute Gasteiger partial charge is 0.328 e. The van der Waals surface area contributed by atoms with E-state index in [4.69, 9.17) is 0 Å². The number of nitrogens with zero attached hydrogens (tertiary/aromatic N) is 4. The summed E-state index contributed by atoms with van der Waals surface area (Å²) in [6.07, 6.45) is 0. The van der Waals surface area contributed by atoms with E-state index in [1.165, 1.54) is 11.3 Å². The van der Waals surface area contributed by atoms with Crippen LogP contribution in [0.25, 0.3) is 0 Å². The molecule has 1 aromatic rings. The minimum atomic E-state index is -1.10.